The maximum absolute atomic E-state index is 5.74. The van der Waals surface area contributed by atoms with E-state index in [0.717, 1.165) is 17.7 Å². The lowest BCUT2D eigenvalue weighted by Crippen LogP contribution is -2.22. The Morgan fingerprint density at radius 3 is 2.86 bits per heavy atom. The molecule has 3 N–H and O–H groups in total. The van der Waals surface area contributed by atoms with E-state index in [-0.39, 0.29) is 12.0 Å². The molecule has 0 fully saturated rings. The monoisotopic (exact) mass is 286 g/mol. The quantitative estimate of drug-likeness (QED) is 0.882. The average Bonchev–Trinajstić information content (AvgIpc) is 2.47. The summed E-state index contributed by atoms with van der Waals surface area (Å²) in [5.74, 6) is 2.12. The smallest absolute Gasteiger partial charge is 0.231 e. The zero-order chi connectivity index (χ0) is 14.8. The first kappa shape index (κ1) is 13.4. The fourth-order valence-corrected chi connectivity index (χ4v) is 2.29. The fraction of sp³-hybridized carbons (Fsp3) is 0.357. The summed E-state index contributed by atoms with van der Waals surface area (Å²) in [7, 11) is 3.73. The number of ether oxygens (including phenoxy) is 1. The SMILES string of the molecule is CN(C)c1nc(N)nc(NC2CCOc3ccccc32)n1. The van der Waals surface area contributed by atoms with Gasteiger partial charge >= 0.3 is 0 Å². The normalized spacial score (nSPS) is 16.8. The van der Waals surface area contributed by atoms with Gasteiger partial charge in [0.25, 0.3) is 0 Å². The van der Waals surface area contributed by atoms with Gasteiger partial charge < -0.3 is 20.7 Å². The highest BCUT2D eigenvalue weighted by atomic mass is 16.5. The lowest BCUT2D eigenvalue weighted by atomic mass is 10.0. The number of benzene rings is 1. The standard InChI is InChI=1S/C14H18N6O/c1-20(2)14-18-12(15)17-13(19-14)16-10-7-8-21-11-6-4-3-5-9(10)11/h3-6,10H,7-8H2,1-2H3,(H3,15,16,17,18,19). The zero-order valence-electron chi connectivity index (χ0n) is 12.1. The van der Waals surface area contributed by atoms with E-state index in [2.05, 4.69) is 20.3 Å². The summed E-state index contributed by atoms with van der Waals surface area (Å²) in [5.41, 5.74) is 6.85. The number of nitrogen functional groups attached to an aromatic ring is 1. The van der Waals surface area contributed by atoms with Gasteiger partial charge in [-0.15, -0.1) is 0 Å². The van der Waals surface area contributed by atoms with E-state index in [9.17, 15) is 0 Å². The van der Waals surface area contributed by atoms with Crippen molar-refractivity contribution in [3.63, 3.8) is 0 Å². The van der Waals surface area contributed by atoms with Crippen molar-refractivity contribution in [2.75, 3.05) is 36.7 Å². The number of aromatic nitrogens is 3. The molecule has 21 heavy (non-hydrogen) atoms. The van der Waals surface area contributed by atoms with Crippen molar-refractivity contribution < 1.29 is 4.74 Å². The van der Waals surface area contributed by atoms with E-state index in [1.807, 2.05) is 38.4 Å². The number of rotatable bonds is 3. The van der Waals surface area contributed by atoms with Gasteiger partial charge in [0.05, 0.1) is 12.6 Å². The van der Waals surface area contributed by atoms with Crippen molar-refractivity contribution in [2.24, 2.45) is 0 Å². The van der Waals surface area contributed by atoms with Crippen LogP contribution < -0.4 is 20.7 Å². The maximum atomic E-state index is 5.74. The van der Waals surface area contributed by atoms with Gasteiger partial charge in [0.1, 0.15) is 5.75 Å². The van der Waals surface area contributed by atoms with Crippen molar-refractivity contribution in [1.82, 2.24) is 15.0 Å². The van der Waals surface area contributed by atoms with Gasteiger partial charge in [0.15, 0.2) is 0 Å². The number of hydrogen-bond donors (Lipinski definition) is 2. The Morgan fingerprint density at radius 2 is 2.05 bits per heavy atom. The number of anilines is 3. The largest absolute Gasteiger partial charge is 0.493 e. The van der Waals surface area contributed by atoms with Gasteiger partial charge in [-0.3, -0.25) is 0 Å². The number of hydrogen-bond acceptors (Lipinski definition) is 7. The molecule has 1 atom stereocenters. The second kappa shape index (κ2) is 5.43. The molecule has 1 aliphatic heterocycles. The molecule has 3 rings (SSSR count). The summed E-state index contributed by atoms with van der Waals surface area (Å²) in [4.78, 5) is 14.4. The lowest BCUT2D eigenvalue weighted by Gasteiger charge is -2.26. The minimum absolute atomic E-state index is 0.103. The van der Waals surface area contributed by atoms with Gasteiger partial charge in [-0.2, -0.15) is 15.0 Å². The third kappa shape index (κ3) is 2.81. The van der Waals surface area contributed by atoms with E-state index in [1.54, 1.807) is 4.90 Å². The molecule has 1 unspecified atom stereocenters. The molecule has 0 bridgehead atoms. The summed E-state index contributed by atoms with van der Waals surface area (Å²) in [6.07, 6.45) is 0.847. The Morgan fingerprint density at radius 1 is 1.24 bits per heavy atom. The van der Waals surface area contributed by atoms with E-state index in [1.165, 1.54) is 0 Å². The average molecular weight is 286 g/mol. The van der Waals surface area contributed by atoms with Crippen LogP contribution in [0, 0.1) is 0 Å². The minimum Gasteiger partial charge on any atom is -0.493 e. The van der Waals surface area contributed by atoms with Crippen LogP contribution in [0.2, 0.25) is 0 Å². The first-order valence-electron chi connectivity index (χ1n) is 6.80. The van der Waals surface area contributed by atoms with Crippen LogP contribution in [0.5, 0.6) is 5.75 Å². The molecule has 7 nitrogen and oxygen atoms in total. The van der Waals surface area contributed by atoms with Gasteiger partial charge in [-0.25, -0.2) is 0 Å². The summed E-state index contributed by atoms with van der Waals surface area (Å²) < 4.78 is 5.65. The Hall–Kier alpha value is -2.57. The molecule has 0 saturated carbocycles. The lowest BCUT2D eigenvalue weighted by molar-refractivity contribution is 0.274. The van der Waals surface area contributed by atoms with Crippen molar-refractivity contribution in [2.45, 2.75) is 12.5 Å². The fourth-order valence-electron chi connectivity index (χ4n) is 2.29. The molecular weight excluding hydrogens is 268 g/mol. The second-order valence-electron chi connectivity index (χ2n) is 5.08. The summed E-state index contributed by atoms with van der Waals surface area (Å²) in [5, 5.41) is 3.32. The molecule has 0 spiro atoms. The highest BCUT2D eigenvalue weighted by Crippen LogP contribution is 2.33. The van der Waals surface area contributed by atoms with Crippen LogP contribution in [-0.2, 0) is 0 Å². The van der Waals surface area contributed by atoms with Crippen molar-refractivity contribution in [3.8, 4) is 5.75 Å². The topological polar surface area (TPSA) is 89.2 Å². The van der Waals surface area contributed by atoms with Crippen molar-refractivity contribution in [1.29, 1.82) is 0 Å². The number of nitrogens with zero attached hydrogens (tertiary/aromatic N) is 4. The summed E-state index contributed by atoms with van der Waals surface area (Å²) in [6, 6.07) is 8.08. The van der Waals surface area contributed by atoms with Gasteiger partial charge in [0.2, 0.25) is 17.8 Å². The Balaban J connectivity index is 1.88. The van der Waals surface area contributed by atoms with Gasteiger partial charge in [-0.1, -0.05) is 18.2 Å². The highest BCUT2D eigenvalue weighted by molar-refractivity contribution is 5.45. The van der Waals surface area contributed by atoms with Gasteiger partial charge in [-0.05, 0) is 6.07 Å². The number of nitrogens with two attached hydrogens (primary N) is 1. The first-order valence-corrected chi connectivity index (χ1v) is 6.80. The van der Waals surface area contributed by atoms with Crippen LogP contribution >= 0.6 is 0 Å². The summed E-state index contributed by atoms with van der Waals surface area (Å²) >= 11 is 0. The van der Waals surface area contributed by atoms with Crippen LogP contribution in [0.15, 0.2) is 24.3 Å². The van der Waals surface area contributed by atoms with Crippen molar-refractivity contribution in [3.05, 3.63) is 29.8 Å². The van der Waals surface area contributed by atoms with Crippen LogP contribution in [0.25, 0.3) is 0 Å². The highest BCUT2D eigenvalue weighted by Gasteiger charge is 2.22. The predicted molar refractivity (Wildman–Crippen MR) is 81.5 cm³/mol. The maximum Gasteiger partial charge on any atom is 0.231 e. The molecule has 2 heterocycles. The Kier molecular flexibility index (Phi) is 3.47. The van der Waals surface area contributed by atoms with Crippen LogP contribution in [0.1, 0.15) is 18.0 Å². The number of para-hydroxylation sites is 1. The van der Waals surface area contributed by atoms with Crippen LogP contribution in [0.3, 0.4) is 0 Å². The molecule has 0 saturated heterocycles. The van der Waals surface area contributed by atoms with E-state index < -0.39 is 0 Å². The molecule has 1 aliphatic rings. The van der Waals surface area contributed by atoms with Gasteiger partial charge in [0, 0.05) is 26.1 Å². The molecule has 7 heteroatoms. The molecule has 2 aromatic rings. The van der Waals surface area contributed by atoms with Crippen LogP contribution in [-0.4, -0.2) is 35.7 Å². The predicted octanol–water partition coefficient (Wildman–Crippen LogP) is 1.46. The van der Waals surface area contributed by atoms with E-state index in [0.29, 0.717) is 18.5 Å². The molecule has 1 aromatic heterocycles. The Labute approximate surface area is 123 Å². The molecule has 0 radical (unpaired) electrons. The van der Waals surface area contributed by atoms with E-state index in [4.69, 9.17) is 10.5 Å². The third-order valence-electron chi connectivity index (χ3n) is 3.30. The molecular formula is C14H18N6O. The number of nitrogens with one attached hydrogen (secondary N) is 1. The molecule has 0 amide bonds. The molecule has 110 valence electrons. The first-order chi connectivity index (χ1) is 10.1. The third-order valence-corrected chi connectivity index (χ3v) is 3.30. The molecule has 1 aromatic carbocycles. The Bertz CT molecular complexity index is 645. The van der Waals surface area contributed by atoms with E-state index >= 15 is 0 Å². The zero-order valence-corrected chi connectivity index (χ0v) is 12.1. The second-order valence-corrected chi connectivity index (χ2v) is 5.08. The van der Waals surface area contributed by atoms with Crippen molar-refractivity contribution >= 4 is 17.8 Å². The molecule has 0 aliphatic carbocycles. The minimum atomic E-state index is 0.103. The summed E-state index contributed by atoms with van der Waals surface area (Å²) in [6.45, 7) is 0.662. The van der Waals surface area contributed by atoms with Crippen LogP contribution in [0.4, 0.5) is 17.8 Å². The number of fused-ring (bicyclic) bond motifs is 1.